The van der Waals surface area contributed by atoms with Gasteiger partial charge in [0.05, 0.1) is 11.1 Å². The van der Waals surface area contributed by atoms with Crippen molar-refractivity contribution in [2.24, 2.45) is 13.0 Å². The van der Waals surface area contributed by atoms with Gasteiger partial charge in [-0.1, -0.05) is 18.7 Å². The molecule has 126 valence electrons. The van der Waals surface area contributed by atoms with Crippen molar-refractivity contribution in [1.82, 2.24) is 14.5 Å². The van der Waals surface area contributed by atoms with E-state index in [9.17, 15) is 4.79 Å². The number of nitrogen functional groups attached to an aromatic ring is 1. The Hall–Kier alpha value is -3.15. The van der Waals surface area contributed by atoms with Crippen LogP contribution in [0.15, 0.2) is 48.8 Å². The highest BCUT2D eigenvalue weighted by Gasteiger charge is 2.28. The predicted molar refractivity (Wildman–Crippen MR) is 98.9 cm³/mol. The minimum Gasteiger partial charge on any atom is -0.383 e. The Morgan fingerprint density at radius 3 is 2.64 bits per heavy atom. The van der Waals surface area contributed by atoms with Gasteiger partial charge in [0, 0.05) is 18.3 Å². The summed E-state index contributed by atoms with van der Waals surface area (Å²) >= 11 is 0. The molecule has 25 heavy (non-hydrogen) atoms. The van der Waals surface area contributed by atoms with Gasteiger partial charge in [-0.05, 0) is 42.5 Å². The molecule has 0 unspecified atom stereocenters. The number of aryl methyl sites for hydroxylation is 1. The summed E-state index contributed by atoms with van der Waals surface area (Å²) in [5.74, 6) is 0.735. The summed E-state index contributed by atoms with van der Waals surface area (Å²) in [6.07, 6.45) is 3.60. The van der Waals surface area contributed by atoms with Crippen molar-refractivity contribution in [1.29, 1.82) is 0 Å². The topological polar surface area (TPSA) is 85.8 Å². The summed E-state index contributed by atoms with van der Waals surface area (Å²) in [7, 11) is 1.94. The van der Waals surface area contributed by atoms with Crippen LogP contribution in [0.3, 0.4) is 0 Å². The van der Waals surface area contributed by atoms with Crippen molar-refractivity contribution in [3.8, 4) is 11.3 Å². The molecule has 1 aromatic carbocycles. The minimum absolute atomic E-state index is 0.0945. The summed E-state index contributed by atoms with van der Waals surface area (Å²) in [4.78, 5) is 20.4. The Morgan fingerprint density at radius 2 is 2.00 bits per heavy atom. The zero-order valence-corrected chi connectivity index (χ0v) is 14.0. The largest absolute Gasteiger partial charge is 0.383 e. The van der Waals surface area contributed by atoms with Gasteiger partial charge in [0.1, 0.15) is 17.8 Å². The van der Waals surface area contributed by atoms with Gasteiger partial charge >= 0.3 is 0 Å². The highest BCUT2D eigenvalue weighted by Crippen LogP contribution is 2.36. The smallest absolute Gasteiger partial charge is 0.251 e. The average Bonchev–Trinajstić information content (AvgIpc) is 3.40. The maximum absolute atomic E-state index is 12.1. The molecule has 0 radical (unpaired) electrons. The van der Waals surface area contributed by atoms with Crippen LogP contribution in [0, 0.1) is 5.92 Å². The summed E-state index contributed by atoms with van der Waals surface area (Å²) in [6.45, 7) is 3.88. The number of nitrogens with one attached hydrogen (secondary N) is 1. The van der Waals surface area contributed by atoms with E-state index >= 15 is 0 Å². The second kappa shape index (κ2) is 5.73. The number of nitrogens with zero attached hydrogens (tertiary/aromatic N) is 3. The second-order valence-corrected chi connectivity index (χ2v) is 6.42. The van der Waals surface area contributed by atoms with Crippen LogP contribution >= 0.6 is 0 Å². The lowest BCUT2D eigenvalue weighted by Gasteiger charge is -2.08. The van der Waals surface area contributed by atoms with Crippen molar-refractivity contribution in [2.45, 2.75) is 12.8 Å². The van der Waals surface area contributed by atoms with Crippen molar-refractivity contribution in [3.05, 3.63) is 48.8 Å². The third kappa shape index (κ3) is 2.76. The molecule has 2 heterocycles. The molecular weight excluding hydrogens is 314 g/mol. The minimum atomic E-state index is -0.0945. The number of carbonyl (C=O) groups excluding carboxylic acids is 1. The van der Waals surface area contributed by atoms with Gasteiger partial charge in [-0.25, -0.2) is 9.97 Å². The Balaban J connectivity index is 1.60. The first-order valence-corrected chi connectivity index (χ1v) is 8.21. The summed E-state index contributed by atoms with van der Waals surface area (Å²) < 4.78 is 1.98. The van der Waals surface area contributed by atoms with Crippen molar-refractivity contribution in [3.63, 3.8) is 0 Å². The number of carbonyl (C=O) groups is 1. The van der Waals surface area contributed by atoms with Crippen molar-refractivity contribution in [2.75, 3.05) is 11.1 Å². The molecule has 4 rings (SSSR count). The predicted octanol–water partition coefficient (Wildman–Crippen LogP) is 3.12. The molecular formula is C19H19N5O. The van der Waals surface area contributed by atoms with E-state index in [-0.39, 0.29) is 5.91 Å². The molecule has 1 aliphatic carbocycles. The van der Waals surface area contributed by atoms with E-state index in [4.69, 9.17) is 5.73 Å². The molecule has 3 N–H and O–H groups in total. The van der Waals surface area contributed by atoms with E-state index < -0.39 is 0 Å². The molecule has 2 aromatic heterocycles. The normalized spacial score (nSPS) is 13.8. The van der Waals surface area contributed by atoms with Crippen LogP contribution in [0.5, 0.6) is 0 Å². The van der Waals surface area contributed by atoms with Crippen molar-refractivity contribution >= 4 is 28.4 Å². The standard InChI is InChI=1S/C19H19N5O/c1-11(12-3-4-12)19(25)23-14-7-5-13(6-8-14)16-9-15-17(20)21-10-22-18(15)24(16)2/h5-10,12H,1,3-4H2,2H3,(H,23,25)(H2,20,21,22). The van der Waals surface area contributed by atoms with E-state index in [1.807, 2.05) is 41.9 Å². The number of benzene rings is 1. The van der Waals surface area contributed by atoms with E-state index in [0.717, 1.165) is 40.8 Å². The molecule has 1 saturated carbocycles. The fraction of sp³-hybridized carbons (Fsp3) is 0.211. The maximum atomic E-state index is 12.1. The molecule has 6 heteroatoms. The van der Waals surface area contributed by atoms with Crippen molar-refractivity contribution < 1.29 is 4.79 Å². The van der Waals surface area contributed by atoms with E-state index in [0.29, 0.717) is 17.3 Å². The molecule has 6 nitrogen and oxygen atoms in total. The Bertz CT molecular complexity index is 983. The fourth-order valence-corrected chi connectivity index (χ4v) is 2.98. The van der Waals surface area contributed by atoms with E-state index in [1.54, 1.807) is 0 Å². The summed E-state index contributed by atoms with van der Waals surface area (Å²) in [5.41, 5.74) is 10.2. The zero-order chi connectivity index (χ0) is 17.6. The number of hydrogen-bond acceptors (Lipinski definition) is 4. The Labute approximate surface area is 145 Å². The van der Waals surface area contributed by atoms with Gasteiger partial charge in [0.25, 0.3) is 5.91 Å². The molecule has 0 atom stereocenters. The number of amides is 1. The van der Waals surface area contributed by atoms with Crippen LogP contribution in [-0.2, 0) is 11.8 Å². The first-order chi connectivity index (χ1) is 12.0. The lowest BCUT2D eigenvalue weighted by atomic mass is 10.1. The summed E-state index contributed by atoms with van der Waals surface area (Å²) in [5, 5.41) is 3.74. The van der Waals surface area contributed by atoms with Crippen LogP contribution in [0.4, 0.5) is 11.5 Å². The van der Waals surface area contributed by atoms with Crippen LogP contribution in [0.1, 0.15) is 12.8 Å². The number of hydrogen-bond donors (Lipinski definition) is 2. The lowest BCUT2D eigenvalue weighted by molar-refractivity contribution is -0.113. The SMILES string of the molecule is C=C(C(=O)Nc1ccc(-c2cc3c(N)ncnc3n2C)cc1)C1CC1. The Morgan fingerprint density at radius 1 is 1.28 bits per heavy atom. The third-order valence-electron chi connectivity index (χ3n) is 4.65. The molecule has 0 bridgehead atoms. The van der Waals surface area contributed by atoms with Crippen LogP contribution in [0.25, 0.3) is 22.3 Å². The van der Waals surface area contributed by atoms with Gasteiger partial charge in [-0.2, -0.15) is 0 Å². The van der Waals surface area contributed by atoms with Crippen LogP contribution in [-0.4, -0.2) is 20.4 Å². The second-order valence-electron chi connectivity index (χ2n) is 6.42. The Kier molecular flexibility index (Phi) is 3.53. The van der Waals surface area contributed by atoms with Gasteiger partial charge in [0.2, 0.25) is 0 Å². The molecule has 3 aromatic rings. The molecule has 0 saturated heterocycles. The number of nitrogens with two attached hydrogens (primary N) is 1. The maximum Gasteiger partial charge on any atom is 0.251 e. The average molecular weight is 333 g/mol. The van der Waals surface area contributed by atoms with E-state index in [2.05, 4.69) is 21.9 Å². The highest BCUT2D eigenvalue weighted by atomic mass is 16.1. The van der Waals surface area contributed by atoms with Gasteiger partial charge in [0.15, 0.2) is 0 Å². The molecule has 1 amide bonds. The highest BCUT2D eigenvalue weighted by molar-refractivity contribution is 6.04. The van der Waals surface area contributed by atoms with E-state index in [1.165, 1.54) is 6.33 Å². The summed E-state index contributed by atoms with van der Waals surface area (Å²) in [6, 6.07) is 9.69. The molecule has 1 aliphatic rings. The quantitative estimate of drug-likeness (QED) is 0.718. The monoisotopic (exact) mass is 333 g/mol. The van der Waals surface area contributed by atoms with Gasteiger partial charge in [-0.3, -0.25) is 4.79 Å². The third-order valence-corrected chi connectivity index (χ3v) is 4.65. The van der Waals surface area contributed by atoms with Gasteiger partial charge in [-0.15, -0.1) is 0 Å². The first-order valence-electron chi connectivity index (χ1n) is 8.21. The van der Waals surface area contributed by atoms with Gasteiger partial charge < -0.3 is 15.6 Å². The van der Waals surface area contributed by atoms with Crippen LogP contribution < -0.4 is 11.1 Å². The number of fused-ring (bicyclic) bond motifs is 1. The first kappa shape index (κ1) is 15.4. The van der Waals surface area contributed by atoms with Crippen LogP contribution in [0.2, 0.25) is 0 Å². The number of rotatable bonds is 4. The number of aromatic nitrogens is 3. The lowest BCUT2D eigenvalue weighted by Crippen LogP contribution is -2.14. The molecule has 0 aliphatic heterocycles. The molecule has 0 spiro atoms. The zero-order valence-electron chi connectivity index (χ0n) is 14.0. The molecule has 1 fully saturated rings. The fourth-order valence-electron chi connectivity index (χ4n) is 2.98. The number of anilines is 2.